The fraction of sp³-hybridized carbons (Fsp3) is 0.917. The standard InChI is InChI=1S/C12H22N2OS/c1-9-2-4-10(5-3-9)14-6-7-15-11(8-14)12(13)16/h9-11H,2-8H2,1H3,(H2,13,16). The van der Waals surface area contributed by atoms with Crippen molar-refractivity contribution in [3.63, 3.8) is 0 Å². The maximum Gasteiger partial charge on any atom is 0.120 e. The summed E-state index contributed by atoms with van der Waals surface area (Å²) in [5.41, 5.74) is 5.66. The second-order valence-electron chi connectivity index (χ2n) is 5.17. The van der Waals surface area contributed by atoms with Crippen LogP contribution in [0, 0.1) is 5.92 Å². The summed E-state index contributed by atoms with van der Waals surface area (Å²) in [7, 11) is 0. The molecule has 0 bridgehead atoms. The lowest BCUT2D eigenvalue weighted by molar-refractivity contribution is -0.0196. The lowest BCUT2D eigenvalue weighted by atomic mass is 9.86. The summed E-state index contributed by atoms with van der Waals surface area (Å²) >= 11 is 5.01. The minimum absolute atomic E-state index is 0.0249. The van der Waals surface area contributed by atoms with Gasteiger partial charge in [0.15, 0.2) is 0 Å². The normalized spacial score (nSPS) is 37.2. The minimum Gasteiger partial charge on any atom is -0.391 e. The second kappa shape index (κ2) is 5.43. The molecule has 92 valence electrons. The van der Waals surface area contributed by atoms with E-state index in [1.54, 1.807) is 0 Å². The van der Waals surface area contributed by atoms with E-state index in [1.165, 1.54) is 25.7 Å². The van der Waals surface area contributed by atoms with Crippen LogP contribution in [-0.2, 0) is 4.74 Å². The molecule has 0 aromatic rings. The molecule has 2 fully saturated rings. The Kier molecular flexibility index (Phi) is 4.16. The molecule has 1 unspecified atom stereocenters. The second-order valence-corrected chi connectivity index (χ2v) is 5.64. The quantitative estimate of drug-likeness (QED) is 0.746. The van der Waals surface area contributed by atoms with Crippen molar-refractivity contribution in [3.8, 4) is 0 Å². The Balaban J connectivity index is 1.87. The third-order valence-electron chi connectivity index (χ3n) is 3.92. The van der Waals surface area contributed by atoms with Gasteiger partial charge in [0.25, 0.3) is 0 Å². The number of hydrogen-bond acceptors (Lipinski definition) is 3. The molecule has 0 spiro atoms. The number of thiocarbonyl (C=S) groups is 1. The highest BCUT2D eigenvalue weighted by Crippen LogP contribution is 2.28. The molecule has 3 nitrogen and oxygen atoms in total. The van der Waals surface area contributed by atoms with E-state index in [4.69, 9.17) is 22.7 Å². The predicted octanol–water partition coefficient (Wildman–Crippen LogP) is 1.55. The third-order valence-corrected chi connectivity index (χ3v) is 4.18. The number of hydrogen-bond donors (Lipinski definition) is 1. The maximum absolute atomic E-state index is 5.66. The minimum atomic E-state index is -0.0249. The summed E-state index contributed by atoms with van der Waals surface area (Å²) in [6, 6.07) is 0.733. The van der Waals surface area contributed by atoms with Gasteiger partial charge in [-0.15, -0.1) is 0 Å². The maximum atomic E-state index is 5.66. The molecule has 2 N–H and O–H groups in total. The highest BCUT2D eigenvalue weighted by atomic mass is 32.1. The summed E-state index contributed by atoms with van der Waals surface area (Å²) in [6.45, 7) is 5.06. The van der Waals surface area contributed by atoms with Crippen molar-refractivity contribution < 1.29 is 4.74 Å². The molecular weight excluding hydrogens is 220 g/mol. The molecule has 4 heteroatoms. The first-order chi connectivity index (χ1) is 7.66. The Bertz CT molecular complexity index is 251. The molecular formula is C12H22N2OS. The summed E-state index contributed by atoms with van der Waals surface area (Å²) in [5.74, 6) is 0.906. The Morgan fingerprint density at radius 3 is 2.62 bits per heavy atom. The highest BCUT2D eigenvalue weighted by molar-refractivity contribution is 7.80. The highest BCUT2D eigenvalue weighted by Gasteiger charge is 2.29. The molecule has 2 rings (SSSR count). The van der Waals surface area contributed by atoms with E-state index in [-0.39, 0.29) is 6.10 Å². The molecule has 0 radical (unpaired) electrons. The smallest absolute Gasteiger partial charge is 0.120 e. The summed E-state index contributed by atoms with van der Waals surface area (Å²) in [5, 5.41) is 0. The Morgan fingerprint density at radius 2 is 2.00 bits per heavy atom. The number of morpholine rings is 1. The van der Waals surface area contributed by atoms with Crippen LogP contribution in [-0.4, -0.2) is 41.7 Å². The zero-order valence-corrected chi connectivity index (χ0v) is 10.8. The van der Waals surface area contributed by atoms with E-state index < -0.39 is 0 Å². The number of nitrogens with two attached hydrogens (primary N) is 1. The Labute approximate surface area is 103 Å². The van der Waals surface area contributed by atoms with E-state index in [0.717, 1.165) is 31.7 Å². The molecule has 1 aliphatic carbocycles. The first-order valence-corrected chi connectivity index (χ1v) is 6.72. The molecule has 16 heavy (non-hydrogen) atoms. The van der Waals surface area contributed by atoms with Crippen LogP contribution in [0.4, 0.5) is 0 Å². The summed E-state index contributed by atoms with van der Waals surface area (Å²) in [4.78, 5) is 3.04. The molecule has 1 aliphatic heterocycles. The van der Waals surface area contributed by atoms with Crippen LogP contribution < -0.4 is 5.73 Å². The SMILES string of the molecule is CC1CCC(N2CCOC(C(N)=S)C2)CC1. The van der Waals surface area contributed by atoms with Gasteiger partial charge in [-0.2, -0.15) is 0 Å². The average Bonchev–Trinajstić information content (AvgIpc) is 2.30. The van der Waals surface area contributed by atoms with Crippen LogP contribution in [0.2, 0.25) is 0 Å². The van der Waals surface area contributed by atoms with Gasteiger partial charge in [0.1, 0.15) is 11.1 Å². The summed E-state index contributed by atoms with van der Waals surface area (Å²) < 4.78 is 5.57. The van der Waals surface area contributed by atoms with E-state index in [9.17, 15) is 0 Å². The van der Waals surface area contributed by atoms with E-state index in [0.29, 0.717) is 4.99 Å². The van der Waals surface area contributed by atoms with E-state index in [1.807, 2.05) is 0 Å². The predicted molar refractivity (Wildman–Crippen MR) is 69.5 cm³/mol. The molecule has 0 aromatic carbocycles. The average molecular weight is 242 g/mol. The van der Waals surface area contributed by atoms with Crippen molar-refractivity contribution in [3.05, 3.63) is 0 Å². The number of ether oxygens (including phenoxy) is 1. The van der Waals surface area contributed by atoms with Gasteiger partial charge in [0.05, 0.1) is 6.61 Å². The molecule has 1 atom stereocenters. The van der Waals surface area contributed by atoms with Gasteiger partial charge < -0.3 is 10.5 Å². The van der Waals surface area contributed by atoms with Crippen molar-refractivity contribution in [1.29, 1.82) is 0 Å². The van der Waals surface area contributed by atoms with Crippen LogP contribution in [0.5, 0.6) is 0 Å². The van der Waals surface area contributed by atoms with Crippen LogP contribution in [0.1, 0.15) is 32.6 Å². The Morgan fingerprint density at radius 1 is 1.31 bits per heavy atom. The van der Waals surface area contributed by atoms with Crippen molar-refractivity contribution in [1.82, 2.24) is 4.90 Å². The first kappa shape index (κ1) is 12.3. The lowest BCUT2D eigenvalue weighted by Gasteiger charge is -2.40. The first-order valence-electron chi connectivity index (χ1n) is 6.32. The van der Waals surface area contributed by atoms with Gasteiger partial charge in [-0.25, -0.2) is 0 Å². The van der Waals surface area contributed by atoms with Crippen molar-refractivity contribution in [2.45, 2.75) is 44.8 Å². The van der Waals surface area contributed by atoms with Crippen LogP contribution in [0.15, 0.2) is 0 Å². The zero-order valence-electron chi connectivity index (χ0n) is 10.0. The van der Waals surface area contributed by atoms with Crippen molar-refractivity contribution in [2.75, 3.05) is 19.7 Å². The van der Waals surface area contributed by atoms with Gasteiger partial charge in [-0.05, 0) is 31.6 Å². The van der Waals surface area contributed by atoms with E-state index in [2.05, 4.69) is 11.8 Å². The van der Waals surface area contributed by atoms with Crippen LogP contribution in [0.25, 0.3) is 0 Å². The van der Waals surface area contributed by atoms with Crippen LogP contribution >= 0.6 is 12.2 Å². The molecule has 1 heterocycles. The van der Waals surface area contributed by atoms with Gasteiger partial charge in [0, 0.05) is 19.1 Å². The molecule has 0 amide bonds. The molecule has 0 aromatic heterocycles. The fourth-order valence-electron chi connectivity index (χ4n) is 2.78. The summed E-state index contributed by atoms with van der Waals surface area (Å²) in [6.07, 6.45) is 5.35. The van der Waals surface area contributed by atoms with Gasteiger partial charge in [-0.3, -0.25) is 4.90 Å². The van der Waals surface area contributed by atoms with Crippen molar-refractivity contribution >= 4 is 17.2 Å². The lowest BCUT2D eigenvalue weighted by Crippen LogP contribution is -2.52. The van der Waals surface area contributed by atoms with Gasteiger partial charge in [0.2, 0.25) is 0 Å². The molecule has 1 saturated heterocycles. The van der Waals surface area contributed by atoms with Gasteiger partial charge in [-0.1, -0.05) is 19.1 Å². The number of nitrogens with zero attached hydrogens (tertiary/aromatic N) is 1. The number of rotatable bonds is 2. The fourth-order valence-corrected chi connectivity index (χ4v) is 2.92. The topological polar surface area (TPSA) is 38.5 Å². The zero-order chi connectivity index (χ0) is 11.5. The van der Waals surface area contributed by atoms with E-state index >= 15 is 0 Å². The van der Waals surface area contributed by atoms with Crippen molar-refractivity contribution in [2.24, 2.45) is 11.7 Å². The van der Waals surface area contributed by atoms with Gasteiger partial charge >= 0.3 is 0 Å². The monoisotopic (exact) mass is 242 g/mol. The van der Waals surface area contributed by atoms with Crippen LogP contribution in [0.3, 0.4) is 0 Å². The molecule has 2 aliphatic rings. The molecule has 1 saturated carbocycles. The third kappa shape index (κ3) is 2.93. The largest absolute Gasteiger partial charge is 0.391 e. The Hall–Kier alpha value is -0.190.